The Morgan fingerprint density at radius 1 is 1.00 bits per heavy atom. The minimum atomic E-state index is 0.831. The molecule has 2 heterocycles. The van der Waals surface area contributed by atoms with Gasteiger partial charge in [0.25, 0.3) is 0 Å². The van der Waals surface area contributed by atoms with Gasteiger partial charge in [0.05, 0.1) is 0 Å². The third-order valence-corrected chi connectivity index (χ3v) is 5.93. The van der Waals surface area contributed by atoms with Gasteiger partial charge in [0, 0.05) is 12.6 Å². The minimum Gasteiger partial charge on any atom is -0.303 e. The van der Waals surface area contributed by atoms with Gasteiger partial charge in [-0.2, -0.15) is 0 Å². The van der Waals surface area contributed by atoms with Crippen molar-refractivity contribution < 1.29 is 0 Å². The van der Waals surface area contributed by atoms with E-state index in [2.05, 4.69) is 28.9 Å². The van der Waals surface area contributed by atoms with Gasteiger partial charge in [-0.1, -0.05) is 12.2 Å². The summed E-state index contributed by atoms with van der Waals surface area (Å²) in [6.07, 6.45) is 14.5. The van der Waals surface area contributed by atoms with E-state index >= 15 is 0 Å². The van der Waals surface area contributed by atoms with Crippen molar-refractivity contribution in [2.75, 3.05) is 32.7 Å². The molecular weight excluding hydrogens is 244 g/mol. The molecule has 2 atom stereocenters. The lowest BCUT2D eigenvalue weighted by atomic mass is 9.88. The highest BCUT2D eigenvalue weighted by atomic mass is 15.2. The SMILES string of the molecule is C[C@H](C1CCN(C[C@@H]2CC=CCC2)CC1)N1CCCC1. The molecule has 20 heavy (non-hydrogen) atoms. The Morgan fingerprint density at radius 3 is 2.40 bits per heavy atom. The van der Waals surface area contributed by atoms with Crippen LogP contribution in [0.5, 0.6) is 0 Å². The lowest BCUT2D eigenvalue weighted by molar-refractivity contribution is 0.101. The van der Waals surface area contributed by atoms with E-state index in [1.54, 1.807) is 0 Å². The van der Waals surface area contributed by atoms with Gasteiger partial charge in [-0.3, -0.25) is 0 Å². The van der Waals surface area contributed by atoms with E-state index in [-0.39, 0.29) is 0 Å². The molecule has 0 bridgehead atoms. The predicted molar refractivity (Wildman–Crippen MR) is 85.9 cm³/mol. The van der Waals surface area contributed by atoms with E-state index in [1.807, 2.05) is 0 Å². The number of allylic oxidation sites excluding steroid dienone is 2. The van der Waals surface area contributed by atoms with Crippen molar-refractivity contribution in [3.8, 4) is 0 Å². The van der Waals surface area contributed by atoms with Gasteiger partial charge in [-0.15, -0.1) is 0 Å². The number of rotatable bonds is 4. The van der Waals surface area contributed by atoms with E-state index in [4.69, 9.17) is 0 Å². The molecule has 3 rings (SSSR count). The summed E-state index contributed by atoms with van der Waals surface area (Å²) in [5, 5.41) is 0. The van der Waals surface area contributed by atoms with E-state index in [0.29, 0.717) is 0 Å². The second-order valence-corrected chi connectivity index (χ2v) is 7.27. The van der Waals surface area contributed by atoms with Crippen LogP contribution in [-0.4, -0.2) is 48.6 Å². The molecule has 0 spiro atoms. The number of nitrogens with zero attached hydrogens (tertiary/aromatic N) is 2. The Kier molecular flexibility index (Phi) is 5.17. The van der Waals surface area contributed by atoms with Crippen LogP contribution in [0.2, 0.25) is 0 Å². The van der Waals surface area contributed by atoms with Crippen molar-refractivity contribution in [3.63, 3.8) is 0 Å². The molecule has 0 saturated carbocycles. The average molecular weight is 276 g/mol. The molecule has 114 valence electrons. The molecule has 3 aliphatic rings. The smallest absolute Gasteiger partial charge is 0.00961 e. The zero-order chi connectivity index (χ0) is 13.8. The van der Waals surface area contributed by atoms with Gasteiger partial charge in [0.1, 0.15) is 0 Å². The summed E-state index contributed by atoms with van der Waals surface area (Å²) in [5.74, 6) is 1.89. The van der Waals surface area contributed by atoms with Crippen LogP contribution in [0.15, 0.2) is 12.2 Å². The van der Waals surface area contributed by atoms with E-state index in [9.17, 15) is 0 Å². The Balaban J connectivity index is 1.41. The summed E-state index contributed by atoms with van der Waals surface area (Å²) in [7, 11) is 0. The van der Waals surface area contributed by atoms with Crippen LogP contribution in [0.25, 0.3) is 0 Å². The Labute approximate surface area is 125 Å². The highest BCUT2D eigenvalue weighted by molar-refractivity contribution is 4.91. The molecular formula is C18H32N2. The summed E-state index contributed by atoms with van der Waals surface area (Å²) >= 11 is 0. The van der Waals surface area contributed by atoms with Crippen LogP contribution >= 0.6 is 0 Å². The van der Waals surface area contributed by atoms with Crippen molar-refractivity contribution >= 4 is 0 Å². The highest BCUT2D eigenvalue weighted by Gasteiger charge is 2.29. The molecule has 2 heteroatoms. The van der Waals surface area contributed by atoms with Gasteiger partial charge in [-0.25, -0.2) is 0 Å². The number of hydrogen-bond acceptors (Lipinski definition) is 2. The topological polar surface area (TPSA) is 6.48 Å². The summed E-state index contributed by atoms with van der Waals surface area (Å²) in [4.78, 5) is 5.49. The van der Waals surface area contributed by atoms with Gasteiger partial charge < -0.3 is 9.80 Å². The molecule has 0 unspecified atom stereocenters. The van der Waals surface area contributed by atoms with Gasteiger partial charge in [0.15, 0.2) is 0 Å². The second kappa shape index (κ2) is 7.09. The molecule has 0 aromatic heterocycles. The standard InChI is InChI=1S/C18H32N2/c1-16(20-11-5-6-12-20)18-9-13-19(14-10-18)15-17-7-3-2-4-8-17/h2-3,16-18H,4-15H2,1H3/t16-,17-/m1/s1. The molecule has 2 aliphatic heterocycles. The quantitative estimate of drug-likeness (QED) is 0.725. The van der Waals surface area contributed by atoms with Crippen molar-refractivity contribution in [2.24, 2.45) is 11.8 Å². The van der Waals surface area contributed by atoms with Crippen molar-refractivity contribution in [1.82, 2.24) is 9.80 Å². The van der Waals surface area contributed by atoms with Crippen LogP contribution in [0.3, 0.4) is 0 Å². The number of hydrogen-bond donors (Lipinski definition) is 0. The predicted octanol–water partition coefficient (Wildman–Crippen LogP) is 3.54. The molecule has 2 saturated heterocycles. The largest absolute Gasteiger partial charge is 0.303 e. The van der Waals surface area contributed by atoms with Crippen LogP contribution in [-0.2, 0) is 0 Å². The second-order valence-electron chi connectivity index (χ2n) is 7.27. The summed E-state index contributed by atoms with van der Waals surface area (Å²) in [6.45, 7) is 9.25. The molecule has 0 amide bonds. The summed E-state index contributed by atoms with van der Waals surface area (Å²) < 4.78 is 0. The van der Waals surface area contributed by atoms with Crippen molar-refractivity contribution in [1.29, 1.82) is 0 Å². The van der Waals surface area contributed by atoms with Crippen LogP contribution in [0, 0.1) is 11.8 Å². The fourth-order valence-corrected chi connectivity index (χ4v) is 4.45. The third-order valence-electron chi connectivity index (χ3n) is 5.93. The van der Waals surface area contributed by atoms with Crippen molar-refractivity contribution in [3.05, 3.63) is 12.2 Å². The summed E-state index contributed by atoms with van der Waals surface area (Å²) in [5.41, 5.74) is 0. The van der Waals surface area contributed by atoms with Crippen molar-refractivity contribution in [2.45, 2.75) is 57.9 Å². The maximum atomic E-state index is 2.75. The molecule has 0 aromatic rings. The molecule has 2 nitrogen and oxygen atoms in total. The minimum absolute atomic E-state index is 0.831. The Bertz CT molecular complexity index is 311. The van der Waals surface area contributed by atoms with Crippen LogP contribution in [0.1, 0.15) is 51.9 Å². The lowest BCUT2D eigenvalue weighted by Gasteiger charge is -2.39. The first-order valence-electron chi connectivity index (χ1n) is 8.94. The van der Waals surface area contributed by atoms with Gasteiger partial charge >= 0.3 is 0 Å². The first-order chi connectivity index (χ1) is 9.83. The first kappa shape index (κ1) is 14.6. The van der Waals surface area contributed by atoms with E-state index in [1.165, 1.54) is 77.7 Å². The normalized spacial score (nSPS) is 31.8. The van der Waals surface area contributed by atoms with E-state index < -0.39 is 0 Å². The maximum absolute atomic E-state index is 2.75. The molecule has 0 aromatic carbocycles. The van der Waals surface area contributed by atoms with Gasteiger partial charge in [-0.05, 0) is 89.9 Å². The van der Waals surface area contributed by atoms with Crippen LogP contribution in [0.4, 0.5) is 0 Å². The Hall–Kier alpha value is -0.340. The third kappa shape index (κ3) is 3.65. The first-order valence-corrected chi connectivity index (χ1v) is 8.94. The maximum Gasteiger partial charge on any atom is 0.00961 e. The lowest BCUT2D eigenvalue weighted by Crippen LogP contribution is -2.44. The zero-order valence-electron chi connectivity index (χ0n) is 13.3. The number of likely N-dealkylation sites (tertiary alicyclic amines) is 2. The number of piperidine rings is 1. The van der Waals surface area contributed by atoms with Gasteiger partial charge in [0.2, 0.25) is 0 Å². The molecule has 0 N–H and O–H groups in total. The monoisotopic (exact) mass is 276 g/mol. The summed E-state index contributed by atoms with van der Waals surface area (Å²) in [6, 6.07) is 0.831. The Morgan fingerprint density at radius 2 is 1.75 bits per heavy atom. The zero-order valence-corrected chi connectivity index (χ0v) is 13.3. The fraction of sp³-hybridized carbons (Fsp3) is 0.889. The van der Waals surface area contributed by atoms with Crippen LogP contribution < -0.4 is 0 Å². The molecule has 1 aliphatic carbocycles. The molecule has 2 fully saturated rings. The highest BCUT2D eigenvalue weighted by Crippen LogP contribution is 2.28. The average Bonchev–Trinajstić information content (AvgIpc) is 3.03. The molecule has 0 radical (unpaired) electrons. The van der Waals surface area contributed by atoms with E-state index in [0.717, 1.165) is 17.9 Å². The fourth-order valence-electron chi connectivity index (χ4n) is 4.45.